The highest BCUT2D eigenvalue weighted by Crippen LogP contribution is 2.37. The number of fused-ring (bicyclic) bond motifs is 1. The molecule has 0 fully saturated rings. The number of methoxy groups -OCH3 is 1. The third-order valence-electron chi connectivity index (χ3n) is 5.76. The number of hydrogen-bond acceptors (Lipinski definition) is 6. The predicted octanol–water partition coefficient (Wildman–Crippen LogP) is 4.92. The fourth-order valence-corrected chi connectivity index (χ4v) is 6.23. The lowest BCUT2D eigenvalue weighted by molar-refractivity contribution is -0.116. The Morgan fingerprint density at radius 3 is 2.62 bits per heavy atom. The zero-order valence-corrected chi connectivity index (χ0v) is 20.8. The normalized spacial score (nSPS) is 13.3. The van der Waals surface area contributed by atoms with Crippen molar-refractivity contribution in [2.45, 2.75) is 37.2 Å². The van der Waals surface area contributed by atoms with Gasteiger partial charge in [0.15, 0.2) is 0 Å². The van der Waals surface area contributed by atoms with Gasteiger partial charge in [-0.15, -0.1) is 23.1 Å². The molecule has 0 radical (unpaired) electrons. The summed E-state index contributed by atoms with van der Waals surface area (Å²) in [6, 6.07) is 18.2. The topological polar surface area (TPSA) is 84.7 Å². The summed E-state index contributed by atoms with van der Waals surface area (Å²) in [6.45, 7) is 2.47. The van der Waals surface area contributed by atoms with Crippen LogP contribution >= 0.6 is 23.1 Å². The van der Waals surface area contributed by atoms with Gasteiger partial charge in [0.1, 0.15) is 10.8 Å². The molecule has 178 valence electrons. The van der Waals surface area contributed by atoms with Crippen molar-refractivity contribution in [1.82, 2.24) is 4.90 Å². The minimum absolute atomic E-state index is 0.0856. The summed E-state index contributed by atoms with van der Waals surface area (Å²) in [7, 11) is 1.65. The van der Waals surface area contributed by atoms with Crippen LogP contribution in [0.5, 0.6) is 5.75 Å². The van der Waals surface area contributed by atoms with Crippen molar-refractivity contribution in [3.8, 4) is 5.75 Å². The number of benzene rings is 2. The average molecular weight is 496 g/mol. The number of ether oxygens (including phenoxy) is 1. The molecule has 0 aliphatic carbocycles. The Morgan fingerprint density at radius 1 is 1.15 bits per heavy atom. The van der Waals surface area contributed by atoms with Crippen LogP contribution in [0.4, 0.5) is 5.00 Å². The summed E-state index contributed by atoms with van der Waals surface area (Å²) in [6.07, 6.45) is 1.89. The van der Waals surface area contributed by atoms with Crippen LogP contribution in [-0.4, -0.2) is 36.1 Å². The molecule has 2 amide bonds. The molecule has 1 aliphatic heterocycles. The van der Waals surface area contributed by atoms with Crippen LogP contribution in [0.15, 0.2) is 59.5 Å². The second-order valence-electron chi connectivity index (χ2n) is 8.19. The van der Waals surface area contributed by atoms with E-state index in [0.717, 1.165) is 59.3 Å². The second kappa shape index (κ2) is 11.6. The molecule has 4 rings (SSSR count). The number of nitrogens with one attached hydrogen (secondary N) is 1. The monoisotopic (exact) mass is 495 g/mol. The predicted molar refractivity (Wildman–Crippen MR) is 139 cm³/mol. The minimum Gasteiger partial charge on any atom is -0.497 e. The fraction of sp³-hybridized carbons (Fsp3) is 0.308. The number of rotatable bonds is 10. The molecule has 3 N–H and O–H groups in total. The van der Waals surface area contributed by atoms with Gasteiger partial charge in [-0.25, -0.2) is 0 Å². The maximum Gasteiger partial charge on any atom is 0.251 e. The lowest BCUT2D eigenvalue weighted by Gasteiger charge is -2.27. The molecule has 0 bridgehead atoms. The summed E-state index contributed by atoms with van der Waals surface area (Å²) in [5, 5.41) is 3.55. The number of nitrogens with zero attached hydrogens (tertiary/aromatic N) is 1. The van der Waals surface area contributed by atoms with Gasteiger partial charge in [-0.2, -0.15) is 0 Å². The minimum atomic E-state index is -0.473. The molecule has 2 aromatic carbocycles. The molecule has 6 nitrogen and oxygen atoms in total. The summed E-state index contributed by atoms with van der Waals surface area (Å²) >= 11 is 3.19. The Bertz CT molecular complexity index is 1130. The number of hydrogen-bond donors (Lipinski definition) is 2. The van der Waals surface area contributed by atoms with Crippen LogP contribution in [-0.2, 0) is 24.3 Å². The summed E-state index contributed by atoms with van der Waals surface area (Å²) in [5.74, 6) is 1.10. The van der Waals surface area contributed by atoms with Crippen LogP contribution in [0.3, 0.4) is 0 Å². The SMILES string of the molecule is COc1ccc(SCCCC(=O)Nc2sc3c(c2C(N)=O)CCN(Cc2ccccc2)C3)cc1. The smallest absolute Gasteiger partial charge is 0.251 e. The maximum atomic E-state index is 12.6. The van der Waals surface area contributed by atoms with E-state index in [-0.39, 0.29) is 5.91 Å². The maximum absolute atomic E-state index is 12.6. The zero-order chi connectivity index (χ0) is 23.9. The van der Waals surface area contributed by atoms with E-state index >= 15 is 0 Å². The van der Waals surface area contributed by atoms with E-state index in [1.54, 1.807) is 18.9 Å². The lowest BCUT2D eigenvalue weighted by atomic mass is 10.0. The quantitative estimate of drug-likeness (QED) is 0.308. The van der Waals surface area contributed by atoms with Crippen molar-refractivity contribution in [1.29, 1.82) is 0 Å². The first-order valence-corrected chi connectivity index (χ1v) is 13.1. The van der Waals surface area contributed by atoms with Crippen molar-refractivity contribution in [2.75, 3.05) is 24.7 Å². The lowest BCUT2D eigenvalue weighted by Crippen LogP contribution is -2.30. The molecule has 0 atom stereocenters. The zero-order valence-electron chi connectivity index (χ0n) is 19.2. The van der Waals surface area contributed by atoms with Gasteiger partial charge in [-0.1, -0.05) is 30.3 Å². The molecule has 0 saturated heterocycles. The van der Waals surface area contributed by atoms with Crippen LogP contribution in [0, 0.1) is 0 Å². The molecule has 2 heterocycles. The molecule has 0 spiro atoms. The number of primary amides is 1. The molecule has 0 saturated carbocycles. The molecular formula is C26H29N3O3S2. The molecule has 1 aromatic heterocycles. The Labute approximate surface area is 208 Å². The second-order valence-corrected chi connectivity index (χ2v) is 10.5. The van der Waals surface area contributed by atoms with Crippen molar-refractivity contribution in [3.63, 3.8) is 0 Å². The number of anilines is 1. The van der Waals surface area contributed by atoms with Crippen molar-refractivity contribution in [2.24, 2.45) is 5.73 Å². The van der Waals surface area contributed by atoms with Crippen LogP contribution in [0.1, 0.15) is 39.2 Å². The summed E-state index contributed by atoms with van der Waals surface area (Å²) < 4.78 is 5.18. The van der Waals surface area contributed by atoms with Crippen molar-refractivity contribution < 1.29 is 14.3 Å². The summed E-state index contributed by atoms with van der Waals surface area (Å²) in [4.78, 5) is 29.4. The number of amides is 2. The van der Waals surface area contributed by atoms with Gasteiger partial charge in [0.2, 0.25) is 5.91 Å². The molecule has 1 aliphatic rings. The Morgan fingerprint density at radius 2 is 1.91 bits per heavy atom. The van der Waals surface area contributed by atoms with Gasteiger partial charge >= 0.3 is 0 Å². The first kappa shape index (κ1) is 24.3. The van der Waals surface area contributed by atoms with E-state index in [1.165, 1.54) is 16.9 Å². The van der Waals surface area contributed by atoms with Crippen LogP contribution in [0.25, 0.3) is 0 Å². The van der Waals surface area contributed by atoms with E-state index in [9.17, 15) is 9.59 Å². The average Bonchev–Trinajstić information content (AvgIpc) is 3.20. The standard InChI is InChI=1S/C26H29N3O3S2/c1-32-19-9-11-20(12-10-19)33-15-5-8-23(30)28-26-24(25(27)31)21-13-14-29(17-22(21)34-26)16-18-6-3-2-4-7-18/h2-4,6-7,9-12H,5,8,13-17H2,1H3,(H2,27,31)(H,28,30). The van der Waals surface area contributed by atoms with E-state index in [2.05, 4.69) is 22.3 Å². The first-order valence-electron chi connectivity index (χ1n) is 11.3. The van der Waals surface area contributed by atoms with E-state index in [1.807, 2.05) is 42.5 Å². The summed E-state index contributed by atoms with van der Waals surface area (Å²) in [5.41, 5.74) is 8.46. The van der Waals surface area contributed by atoms with Crippen molar-refractivity contribution in [3.05, 3.63) is 76.2 Å². The highest BCUT2D eigenvalue weighted by molar-refractivity contribution is 7.99. The molecule has 3 aromatic rings. The Hall–Kier alpha value is -2.81. The molecule has 8 heteroatoms. The fourth-order valence-electron chi connectivity index (χ4n) is 4.07. The first-order chi connectivity index (χ1) is 16.5. The van der Waals surface area contributed by atoms with Gasteiger partial charge in [-0.05, 0) is 54.0 Å². The van der Waals surface area contributed by atoms with Crippen LogP contribution < -0.4 is 15.8 Å². The highest BCUT2D eigenvalue weighted by atomic mass is 32.2. The number of nitrogens with two attached hydrogens (primary N) is 1. The van der Waals surface area contributed by atoms with E-state index < -0.39 is 5.91 Å². The Balaban J connectivity index is 1.32. The van der Waals surface area contributed by atoms with E-state index in [0.29, 0.717) is 17.0 Å². The van der Waals surface area contributed by atoms with Crippen molar-refractivity contribution >= 4 is 39.9 Å². The van der Waals surface area contributed by atoms with Gasteiger partial charge < -0.3 is 15.8 Å². The third kappa shape index (κ3) is 6.20. The van der Waals surface area contributed by atoms with Gasteiger partial charge in [-0.3, -0.25) is 14.5 Å². The van der Waals surface area contributed by atoms with Gasteiger partial charge in [0, 0.05) is 35.8 Å². The third-order valence-corrected chi connectivity index (χ3v) is 7.99. The number of thiophene rings is 1. The number of carbonyl (C=O) groups excluding carboxylic acids is 2. The largest absolute Gasteiger partial charge is 0.497 e. The molecule has 34 heavy (non-hydrogen) atoms. The Kier molecular flexibility index (Phi) is 8.26. The van der Waals surface area contributed by atoms with E-state index in [4.69, 9.17) is 10.5 Å². The molecule has 0 unspecified atom stereocenters. The van der Waals surface area contributed by atoms with Gasteiger partial charge in [0.05, 0.1) is 12.7 Å². The van der Waals surface area contributed by atoms with Gasteiger partial charge in [0.25, 0.3) is 5.91 Å². The number of carbonyl (C=O) groups is 2. The highest BCUT2D eigenvalue weighted by Gasteiger charge is 2.27. The van der Waals surface area contributed by atoms with Crippen LogP contribution in [0.2, 0.25) is 0 Å². The molecular weight excluding hydrogens is 466 g/mol. The number of thioether (sulfide) groups is 1.